The summed E-state index contributed by atoms with van der Waals surface area (Å²) in [5.74, 6) is 0.861. The minimum atomic E-state index is 0.444. The lowest BCUT2D eigenvalue weighted by atomic mass is 9.77. The molecule has 1 heteroatoms. The quantitative estimate of drug-likeness (QED) is 0.232. The molecule has 0 radical (unpaired) electrons. The van der Waals surface area contributed by atoms with Crippen LogP contribution in [0.15, 0.2) is 0 Å². The van der Waals surface area contributed by atoms with E-state index < -0.39 is 0 Å². The number of halogens is 1. The van der Waals surface area contributed by atoms with Crippen LogP contribution >= 0.6 is 11.6 Å². The van der Waals surface area contributed by atoms with Gasteiger partial charge in [-0.25, -0.2) is 0 Å². The Morgan fingerprint density at radius 1 is 0.632 bits per heavy atom. The summed E-state index contributed by atoms with van der Waals surface area (Å²) in [6.45, 7) is 6.89. The molecule has 1 atom stereocenters. The van der Waals surface area contributed by atoms with Crippen molar-refractivity contribution in [2.45, 2.75) is 104 Å². The molecule has 1 unspecified atom stereocenters. The molecule has 0 aliphatic carbocycles. The molecule has 0 aromatic rings. The fourth-order valence-corrected chi connectivity index (χ4v) is 3.35. The Morgan fingerprint density at radius 2 is 1.11 bits per heavy atom. The zero-order valence-electron chi connectivity index (χ0n) is 13.8. The van der Waals surface area contributed by atoms with Crippen molar-refractivity contribution in [1.82, 2.24) is 0 Å². The van der Waals surface area contributed by atoms with Gasteiger partial charge in [-0.05, 0) is 24.7 Å². The summed E-state index contributed by atoms with van der Waals surface area (Å²) >= 11 is 6.26. The van der Waals surface area contributed by atoms with Gasteiger partial charge in [-0.15, -0.1) is 11.6 Å². The minimum absolute atomic E-state index is 0.444. The molecular weight excluding hydrogens is 252 g/mol. The van der Waals surface area contributed by atoms with E-state index in [0.29, 0.717) is 5.41 Å². The van der Waals surface area contributed by atoms with E-state index in [9.17, 15) is 0 Å². The summed E-state index contributed by atoms with van der Waals surface area (Å²) in [6, 6.07) is 0. The molecule has 0 rings (SSSR count). The van der Waals surface area contributed by atoms with Gasteiger partial charge >= 0.3 is 0 Å². The molecule has 116 valence electrons. The summed E-state index contributed by atoms with van der Waals surface area (Å²) in [7, 11) is 0. The molecule has 19 heavy (non-hydrogen) atoms. The normalized spacial score (nSPS) is 14.5. The summed E-state index contributed by atoms with van der Waals surface area (Å²) in [5, 5.41) is 0. The SMILES string of the molecule is CCCCCCCCCCC(CC)(CCl)CCCC. The van der Waals surface area contributed by atoms with E-state index in [4.69, 9.17) is 11.6 Å². The van der Waals surface area contributed by atoms with Crippen LogP contribution in [0.25, 0.3) is 0 Å². The van der Waals surface area contributed by atoms with Crippen molar-refractivity contribution in [3.8, 4) is 0 Å². The predicted octanol–water partition coefficient (Wildman–Crippen LogP) is 7.34. The van der Waals surface area contributed by atoms with E-state index in [-0.39, 0.29) is 0 Å². The first-order chi connectivity index (χ1) is 9.24. The van der Waals surface area contributed by atoms with Gasteiger partial charge in [0.05, 0.1) is 0 Å². The van der Waals surface area contributed by atoms with Gasteiger partial charge in [-0.2, -0.15) is 0 Å². The second kappa shape index (κ2) is 13.3. The minimum Gasteiger partial charge on any atom is -0.126 e. The van der Waals surface area contributed by atoms with Gasteiger partial charge in [0.1, 0.15) is 0 Å². The van der Waals surface area contributed by atoms with Gasteiger partial charge in [-0.3, -0.25) is 0 Å². The molecule has 0 aliphatic rings. The van der Waals surface area contributed by atoms with E-state index in [0.717, 1.165) is 5.88 Å². The first-order valence-electron chi connectivity index (χ1n) is 8.80. The first-order valence-corrected chi connectivity index (χ1v) is 9.34. The third-order valence-electron chi connectivity index (χ3n) is 4.65. The van der Waals surface area contributed by atoms with Crippen molar-refractivity contribution >= 4 is 11.6 Å². The van der Waals surface area contributed by atoms with Crippen molar-refractivity contribution in [2.75, 3.05) is 5.88 Å². The summed E-state index contributed by atoms with van der Waals surface area (Å²) in [4.78, 5) is 0. The molecule has 0 amide bonds. The Labute approximate surface area is 127 Å². The van der Waals surface area contributed by atoms with Crippen LogP contribution in [-0.2, 0) is 0 Å². The van der Waals surface area contributed by atoms with Crippen molar-refractivity contribution in [2.24, 2.45) is 5.41 Å². The van der Waals surface area contributed by atoms with Gasteiger partial charge in [-0.1, -0.05) is 85.0 Å². The summed E-state index contributed by atoms with van der Waals surface area (Å²) in [6.07, 6.45) is 17.9. The summed E-state index contributed by atoms with van der Waals surface area (Å²) < 4.78 is 0. The molecular formula is C18H37Cl. The highest BCUT2D eigenvalue weighted by Gasteiger charge is 2.25. The lowest BCUT2D eigenvalue weighted by Crippen LogP contribution is -2.22. The Hall–Kier alpha value is 0.290. The van der Waals surface area contributed by atoms with E-state index in [1.807, 2.05) is 0 Å². The number of unbranched alkanes of at least 4 members (excludes halogenated alkanes) is 8. The predicted molar refractivity (Wildman–Crippen MR) is 90.2 cm³/mol. The second-order valence-electron chi connectivity index (χ2n) is 6.32. The Bertz CT molecular complexity index is 173. The van der Waals surface area contributed by atoms with Gasteiger partial charge in [0.2, 0.25) is 0 Å². The highest BCUT2D eigenvalue weighted by atomic mass is 35.5. The first kappa shape index (κ1) is 19.3. The van der Waals surface area contributed by atoms with Gasteiger partial charge in [0.25, 0.3) is 0 Å². The van der Waals surface area contributed by atoms with Crippen LogP contribution in [0.2, 0.25) is 0 Å². The third kappa shape index (κ3) is 9.77. The standard InChI is InChI=1S/C18H37Cl/c1-4-7-9-10-11-12-13-14-16-18(6-3,17-19)15-8-5-2/h4-17H2,1-3H3. The molecule has 0 heterocycles. The van der Waals surface area contributed by atoms with Crippen molar-refractivity contribution in [3.63, 3.8) is 0 Å². The highest BCUT2D eigenvalue weighted by molar-refractivity contribution is 6.18. The molecule has 0 aromatic carbocycles. The Balaban J connectivity index is 3.63. The van der Waals surface area contributed by atoms with Crippen LogP contribution in [0.4, 0.5) is 0 Å². The van der Waals surface area contributed by atoms with E-state index in [2.05, 4.69) is 20.8 Å². The number of hydrogen-bond acceptors (Lipinski definition) is 0. The van der Waals surface area contributed by atoms with E-state index in [1.165, 1.54) is 83.5 Å². The van der Waals surface area contributed by atoms with E-state index in [1.54, 1.807) is 0 Å². The van der Waals surface area contributed by atoms with Gasteiger partial charge in [0.15, 0.2) is 0 Å². The largest absolute Gasteiger partial charge is 0.126 e. The molecule has 0 N–H and O–H groups in total. The molecule has 0 aliphatic heterocycles. The molecule has 0 spiro atoms. The Kier molecular flexibility index (Phi) is 13.5. The number of hydrogen-bond donors (Lipinski definition) is 0. The smallest absolute Gasteiger partial charge is 0.0279 e. The third-order valence-corrected chi connectivity index (χ3v) is 5.22. The Morgan fingerprint density at radius 3 is 1.58 bits per heavy atom. The topological polar surface area (TPSA) is 0 Å². The maximum atomic E-state index is 6.26. The van der Waals surface area contributed by atoms with Crippen LogP contribution in [0, 0.1) is 5.41 Å². The lowest BCUT2D eigenvalue weighted by molar-refractivity contribution is 0.248. The zero-order valence-corrected chi connectivity index (χ0v) is 14.5. The second-order valence-corrected chi connectivity index (χ2v) is 6.58. The molecule has 0 fully saturated rings. The number of rotatable bonds is 14. The van der Waals surface area contributed by atoms with Crippen molar-refractivity contribution in [1.29, 1.82) is 0 Å². The van der Waals surface area contributed by atoms with Crippen LogP contribution in [0.1, 0.15) is 104 Å². The number of alkyl halides is 1. The zero-order chi connectivity index (χ0) is 14.4. The molecule has 0 aromatic heterocycles. The fraction of sp³-hybridized carbons (Fsp3) is 1.00. The summed E-state index contributed by atoms with van der Waals surface area (Å²) in [5.41, 5.74) is 0.444. The average Bonchev–Trinajstić information content (AvgIpc) is 2.45. The van der Waals surface area contributed by atoms with Crippen LogP contribution in [0.5, 0.6) is 0 Å². The van der Waals surface area contributed by atoms with Gasteiger partial charge < -0.3 is 0 Å². The lowest BCUT2D eigenvalue weighted by Gasteiger charge is -2.30. The fourth-order valence-electron chi connectivity index (χ4n) is 2.89. The monoisotopic (exact) mass is 288 g/mol. The van der Waals surface area contributed by atoms with Crippen LogP contribution < -0.4 is 0 Å². The van der Waals surface area contributed by atoms with Crippen LogP contribution in [-0.4, -0.2) is 5.88 Å². The van der Waals surface area contributed by atoms with Gasteiger partial charge in [0, 0.05) is 5.88 Å². The molecule has 0 saturated heterocycles. The van der Waals surface area contributed by atoms with Crippen molar-refractivity contribution < 1.29 is 0 Å². The van der Waals surface area contributed by atoms with Crippen LogP contribution in [0.3, 0.4) is 0 Å². The molecule has 0 saturated carbocycles. The molecule has 0 nitrogen and oxygen atoms in total. The maximum absolute atomic E-state index is 6.26. The highest BCUT2D eigenvalue weighted by Crippen LogP contribution is 2.36. The maximum Gasteiger partial charge on any atom is 0.0279 e. The molecule has 0 bridgehead atoms. The van der Waals surface area contributed by atoms with E-state index >= 15 is 0 Å². The van der Waals surface area contributed by atoms with Crippen molar-refractivity contribution in [3.05, 3.63) is 0 Å². The average molecular weight is 289 g/mol.